The molecule has 0 bridgehead atoms. The maximum Gasteiger partial charge on any atom is 0.281 e. The van der Waals surface area contributed by atoms with Crippen LogP contribution in [-0.4, -0.2) is 55.2 Å². The van der Waals surface area contributed by atoms with Crippen molar-refractivity contribution in [2.75, 3.05) is 26.2 Å². The number of unbranched alkanes of at least 4 members (excludes halogenated alkanes) is 2. The van der Waals surface area contributed by atoms with Crippen molar-refractivity contribution in [1.29, 1.82) is 0 Å². The highest BCUT2D eigenvalue weighted by Crippen LogP contribution is 2.19. The van der Waals surface area contributed by atoms with Gasteiger partial charge in [0, 0.05) is 37.8 Å². The number of piperidine rings is 1. The van der Waals surface area contributed by atoms with Gasteiger partial charge in [-0.3, -0.25) is 4.79 Å². The Balaban J connectivity index is 1.93. The molecule has 6 nitrogen and oxygen atoms in total. The smallest absolute Gasteiger partial charge is 0.281 e. The fourth-order valence-electron chi connectivity index (χ4n) is 3.50. The molecule has 0 saturated carbocycles. The Labute approximate surface area is 170 Å². The molecule has 1 aliphatic heterocycles. The summed E-state index contributed by atoms with van der Waals surface area (Å²) in [6.45, 7) is 8.16. The molecule has 1 heterocycles. The molecule has 0 unspecified atom stereocenters. The zero-order valence-electron chi connectivity index (χ0n) is 17.5. The number of hydrogen-bond donors (Lipinski definition) is 1. The van der Waals surface area contributed by atoms with Crippen LogP contribution in [0, 0.1) is 6.92 Å². The third-order valence-electron chi connectivity index (χ3n) is 5.35. The van der Waals surface area contributed by atoms with E-state index < -0.39 is 10.2 Å². The molecule has 158 valence electrons. The van der Waals surface area contributed by atoms with Gasteiger partial charge in [-0.25, -0.2) is 0 Å². The topological polar surface area (TPSA) is 69.7 Å². The summed E-state index contributed by atoms with van der Waals surface area (Å²) in [5, 5.41) is 3.07. The van der Waals surface area contributed by atoms with Crippen LogP contribution in [-0.2, 0) is 10.2 Å². The Morgan fingerprint density at radius 3 is 2.21 bits per heavy atom. The molecule has 28 heavy (non-hydrogen) atoms. The van der Waals surface area contributed by atoms with Crippen LogP contribution in [0.25, 0.3) is 0 Å². The Morgan fingerprint density at radius 1 is 1.11 bits per heavy atom. The molecular formula is C21H35N3O3S. The van der Waals surface area contributed by atoms with E-state index in [4.69, 9.17) is 0 Å². The third kappa shape index (κ3) is 6.03. The number of benzene rings is 1. The molecule has 1 aromatic rings. The zero-order chi connectivity index (χ0) is 20.6. The van der Waals surface area contributed by atoms with Gasteiger partial charge in [-0.2, -0.15) is 17.0 Å². The van der Waals surface area contributed by atoms with E-state index in [0.29, 0.717) is 44.6 Å². The second-order valence-electron chi connectivity index (χ2n) is 7.58. The largest absolute Gasteiger partial charge is 0.349 e. The number of aryl methyl sites for hydroxylation is 1. The highest BCUT2D eigenvalue weighted by atomic mass is 32.2. The van der Waals surface area contributed by atoms with Crippen LogP contribution in [0.1, 0.15) is 68.3 Å². The molecular weight excluding hydrogens is 374 g/mol. The lowest BCUT2D eigenvalue weighted by atomic mass is 10.0. The molecule has 0 aromatic heterocycles. The number of nitrogens with zero attached hydrogens (tertiary/aromatic N) is 2. The van der Waals surface area contributed by atoms with Crippen LogP contribution in [0.15, 0.2) is 24.3 Å². The molecule has 1 aliphatic rings. The summed E-state index contributed by atoms with van der Waals surface area (Å²) in [5.41, 5.74) is 1.63. The van der Waals surface area contributed by atoms with Crippen LogP contribution in [0.2, 0.25) is 0 Å². The molecule has 7 heteroatoms. The van der Waals surface area contributed by atoms with Gasteiger partial charge in [-0.05, 0) is 44.2 Å². The average Bonchev–Trinajstić information content (AvgIpc) is 2.68. The van der Waals surface area contributed by atoms with Gasteiger partial charge in [-0.15, -0.1) is 0 Å². The van der Waals surface area contributed by atoms with Crippen LogP contribution < -0.4 is 5.32 Å². The first-order chi connectivity index (χ1) is 13.4. The molecule has 1 fully saturated rings. The normalized spacial score (nSPS) is 16.4. The standard InChI is InChI=1S/C21H35N3O3S/c1-4-6-14-23(15-7-5-2)28(26,27)24-16-12-19(13-17-24)22-21(25)20-11-9-8-10-18(20)3/h8-11,19H,4-7,12-17H2,1-3H3,(H,22,25). The fraction of sp³-hybridized carbons (Fsp3) is 0.667. The van der Waals surface area contributed by atoms with E-state index in [0.717, 1.165) is 31.2 Å². The minimum absolute atomic E-state index is 0.0123. The van der Waals surface area contributed by atoms with E-state index >= 15 is 0 Å². The van der Waals surface area contributed by atoms with E-state index in [-0.39, 0.29) is 11.9 Å². The monoisotopic (exact) mass is 409 g/mol. The summed E-state index contributed by atoms with van der Waals surface area (Å²) in [6.07, 6.45) is 5.01. The Morgan fingerprint density at radius 2 is 1.68 bits per heavy atom. The number of nitrogens with one attached hydrogen (secondary N) is 1. The van der Waals surface area contributed by atoms with Gasteiger partial charge < -0.3 is 5.32 Å². The fourth-order valence-corrected chi connectivity index (χ4v) is 5.21. The summed E-state index contributed by atoms with van der Waals surface area (Å²) in [7, 11) is -3.43. The SMILES string of the molecule is CCCCN(CCCC)S(=O)(=O)N1CCC(NC(=O)c2ccccc2C)CC1. The van der Waals surface area contributed by atoms with Crippen molar-refractivity contribution < 1.29 is 13.2 Å². The number of amides is 1. The minimum Gasteiger partial charge on any atom is -0.349 e. The molecule has 1 saturated heterocycles. The quantitative estimate of drug-likeness (QED) is 0.644. The highest BCUT2D eigenvalue weighted by Gasteiger charge is 2.32. The van der Waals surface area contributed by atoms with Crippen LogP contribution in [0.5, 0.6) is 0 Å². The number of carbonyl (C=O) groups is 1. The van der Waals surface area contributed by atoms with Gasteiger partial charge in [0.05, 0.1) is 0 Å². The summed E-state index contributed by atoms with van der Waals surface area (Å²) < 4.78 is 29.4. The van der Waals surface area contributed by atoms with Gasteiger partial charge in [-0.1, -0.05) is 44.9 Å². The van der Waals surface area contributed by atoms with E-state index in [2.05, 4.69) is 19.2 Å². The van der Waals surface area contributed by atoms with Gasteiger partial charge >= 0.3 is 0 Å². The van der Waals surface area contributed by atoms with Crippen molar-refractivity contribution >= 4 is 16.1 Å². The van der Waals surface area contributed by atoms with Crippen molar-refractivity contribution in [2.45, 2.75) is 65.3 Å². The van der Waals surface area contributed by atoms with E-state index in [9.17, 15) is 13.2 Å². The minimum atomic E-state index is -3.43. The first-order valence-corrected chi connectivity index (χ1v) is 11.9. The predicted molar refractivity (Wildman–Crippen MR) is 114 cm³/mol. The average molecular weight is 410 g/mol. The summed E-state index contributed by atoms with van der Waals surface area (Å²) in [5.74, 6) is -0.0769. The van der Waals surface area contributed by atoms with Crippen molar-refractivity contribution in [2.24, 2.45) is 0 Å². The first-order valence-electron chi connectivity index (χ1n) is 10.5. The van der Waals surface area contributed by atoms with Gasteiger partial charge in [0.25, 0.3) is 16.1 Å². The van der Waals surface area contributed by atoms with Crippen LogP contribution in [0.3, 0.4) is 0 Å². The lowest BCUT2D eigenvalue weighted by molar-refractivity contribution is 0.0922. The molecule has 1 N–H and O–H groups in total. The lowest BCUT2D eigenvalue weighted by Gasteiger charge is -2.35. The van der Waals surface area contributed by atoms with Crippen molar-refractivity contribution in [3.63, 3.8) is 0 Å². The summed E-state index contributed by atoms with van der Waals surface area (Å²) in [6, 6.07) is 7.53. The lowest BCUT2D eigenvalue weighted by Crippen LogP contribution is -2.51. The maximum atomic E-state index is 13.1. The van der Waals surface area contributed by atoms with Gasteiger partial charge in [0.2, 0.25) is 0 Å². The van der Waals surface area contributed by atoms with Crippen LogP contribution in [0.4, 0.5) is 0 Å². The van der Waals surface area contributed by atoms with Gasteiger partial charge in [0.15, 0.2) is 0 Å². The summed E-state index contributed by atoms with van der Waals surface area (Å²) in [4.78, 5) is 12.5. The maximum absolute atomic E-state index is 13.1. The number of rotatable bonds is 10. The van der Waals surface area contributed by atoms with Crippen molar-refractivity contribution in [3.05, 3.63) is 35.4 Å². The number of carbonyl (C=O) groups excluding carboxylic acids is 1. The van der Waals surface area contributed by atoms with Crippen LogP contribution >= 0.6 is 0 Å². The van der Waals surface area contributed by atoms with E-state index in [1.807, 2.05) is 31.2 Å². The molecule has 1 aromatic carbocycles. The highest BCUT2D eigenvalue weighted by molar-refractivity contribution is 7.86. The summed E-state index contributed by atoms with van der Waals surface area (Å²) >= 11 is 0. The predicted octanol–water partition coefficient (Wildman–Crippen LogP) is 3.34. The Bertz CT molecular complexity index is 720. The first kappa shape index (κ1) is 22.8. The molecule has 0 spiro atoms. The molecule has 2 rings (SSSR count). The molecule has 0 radical (unpaired) electrons. The van der Waals surface area contributed by atoms with Gasteiger partial charge in [0.1, 0.15) is 0 Å². The zero-order valence-corrected chi connectivity index (χ0v) is 18.3. The second kappa shape index (κ2) is 10.9. The van der Waals surface area contributed by atoms with E-state index in [1.54, 1.807) is 8.61 Å². The number of hydrogen-bond acceptors (Lipinski definition) is 3. The van der Waals surface area contributed by atoms with Crippen molar-refractivity contribution in [1.82, 2.24) is 13.9 Å². The Hall–Kier alpha value is -1.44. The molecule has 0 aliphatic carbocycles. The molecule has 0 atom stereocenters. The second-order valence-corrected chi connectivity index (χ2v) is 9.50. The third-order valence-corrected chi connectivity index (χ3v) is 7.39. The van der Waals surface area contributed by atoms with Crippen molar-refractivity contribution in [3.8, 4) is 0 Å². The van der Waals surface area contributed by atoms with E-state index in [1.165, 1.54) is 0 Å². The molecule has 1 amide bonds. The Kier molecular flexibility index (Phi) is 8.92.